The van der Waals surface area contributed by atoms with Crippen LogP contribution in [-0.4, -0.2) is 35.2 Å². The lowest BCUT2D eigenvalue weighted by atomic mass is 9.96. The van der Waals surface area contributed by atoms with Gasteiger partial charge in [0.2, 0.25) is 5.91 Å². The molecule has 1 saturated carbocycles. The number of imide groups is 1. The Hall–Kier alpha value is -2.54. The first-order valence-corrected chi connectivity index (χ1v) is 9.83. The third-order valence-electron chi connectivity index (χ3n) is 5.56. The highest BCUT2D eigenvalue weighted by Gasteiger charge is 2.45. The molecule has 0 radical (unpaired) electrons. The number of rotatable bonds is 5. The Labute approximate surface area is 170 Å². The lowest BCUT2D eigenvalue weighted by molar-refractivity contribution is -0.124. The molecule has 3 amide bonds. The zero-order valence-corrected chi connectivity index (χ0v) is 16.8. The number of nitrogens with zero attached hydrogens (tertiary/aromatic N) is 1. The lowest BCUT2D eigenvalue weighted by Crippen LogP contribution is -2.49. The molecule has 28 heavy (non-hydrogen) atoms. The lowest BCUT2D eigenvalue weighted by Gasteiger charge is -2.23. The van der Waals surface area contributed by atoms with Crippen molar-refractivity contribution in [2.75, 3.05) is 6.54 Å². The molecule has 5 nitrogen and oxygen atoms in total. The van der Waals surface area contributed by atoms with Crippen LogP contribution < -0.4 is 5.32 Å². The second-order valence-electron chi connectivity index (χ2n) is 7.35. The summed E-state index contributed by atoms with van der Waals surface area (Å²) in [6, 6.07) is 10.2. The molecule has 1 fully saturated rings. The molecule has 2 aromatic carbocycles. The Morgan fingerprint density at radius 3 is 2.43 bits per heavy atom. The van der Waals surface area contributed by atoms with Crippen LogP contribution >= 0.6 is 15.9 Å². The SMILES string of the molecule is CC(C(=O)NCC1(c2ccc(F)cc2)CC1)N1C(=O)c2ccc(Br)cc2C1=O. The van der Waals surface area contributed by atoms with E-state index in [2.05, 4.69) is 21.2 Å². The van der Waals surface area contributed by atoms with Crippen LogP contribution in [0.5, 0.6) is 0 Å². The maximum atomic E-state index is 13.2. The van der Waals surface area contributed by atoms with E-state index in [1.165, 1.54) is 12.1 Å². The first-order valence-electron chi connectivity index (χ1n) is 9.04. The minimum Gasteiger partial charge on any atom is -0.353 e. The van der Waals surface area contributed by atoms with Crippen molar-refractivity contribution in [2.24, 2.45) is 0 Å². The Kier molecular flexibility index (Phi) is 4.57. The summed E-state index contributed by atoms with van der Waals surface area (Å²) in [5.74, 6) is -1.62. The number of carbonyl (C=O) groups is 3. The van der Waals surface area contributed by atoms with E-state index in [1.807, 2.05) is 0 Å². The van der Waals surface area contributed by atoms with Gasteiger partial charge in [0.05, 0.1) is 11.1 Å². The Bertz CT molecular complexity index is 986. The number of fused-ring (bicyclic) bond motifs is 1. The summed E-state index contributed by atoms with van der Waals surface area (Å²) in [5, 5.41) is 2.87. The largest absolute Gasteiger partial charge is 0.353 e. The molecular weight excluding hydrogens is 427 g/mol. The van der Waals surface area contributed by atoms with E-state index >= 15 is 0 Å². The third kappa shape index (κ3) is 3.13. The van der Waals surface area contributed by atoms with E-state index in [-0.39, 0.29) is 17.1 Å². The third-order valence-corrected chi connectivity index (χ3v) is 6.05. The van der Waals surface area contributed by atoms with Gasteiger partial charge in [0.25, 0.3) is 11.8 Å². The zero-order valence-electron chi connectivity index (χ0n) is 15.2. The Balaban J connectivity index is 1.45. The molecule has 1 aliphatic heterocycles. The van der Waals surface area contributed by atoms with Gasteiger partial charge in [0.15, 0.2) is 0 Å². The fourth-order valence-corrected chi connectivity index (χ4v) is 3.99. The van der Waals surface area contributed by atoms with Crippen LogP contribution in [0.1, 0.15) is 46.0 Å². The molecule has 1 atom stereocenters. The minimum absolute atomic E-state index is 0.198. The van der Waals surface area contributed by atoms with Crippen LogP contribution in [0.25, 0.3) is 0 Å². The molecule has 2 aliphatic rings. The molecular formula is C21H18BrFN2O3. The van der Waals surface area contributed by atoms with Crippen molar-refractivity contribution in [3.8, 4) is 0 Å². The van der Waals surface area contributed by atoms with E-state index in [1.54, 1.807) is 37.3 Å². The predicted molar refractivity (Wildman–Crippen MR) is 104 cm³/mol. The smallest absolute Gasteiger partial charge is 0.262 e. The Morgan fingerprint density at radius 1 is 1.14 bits per heavy atom. The van der Waals surface area contributed by atoms with Gasteiger partial charge in [-0.25, -0.2) is 4.39 Å². The molecule has 0 spiro atoms. The summed E-state index contributed by atoms with van der Waals surface area (Å²) in [4.78, 5) is 38.9. The fraction of sp³-hybridized carbons (Fsp3) is 0.286. The van der Waals surface area contributed by atoms with Gasteiger partial charge >= 0.3 is 0 Å². The number of amides is 3. The van der Waals surface area contributed by atoms with Crippen LogP contribution in [0.4, 0.5) is 4.39 Å². The summed E-state index contributed by atoms with van der Waals surface area (Å²) in [6.07, 6.45) is 1.79. The van der Waals surface area contributed by atoms with Crippen molar-refractivity contribution in [1.29, 1.82) is 0 Å². The van der Waals surface area contributed by atoms with Crippen LogP contribution in [0.2, 0.25) is 0 Å². The van der Waals surface area contributed by atoms with Crippen molar-refractivity contribution in [3.05, 3.63) is 69.4 Å². The van der Waals surface area contributed by atoms with Crippen molar-refractivity contribution < 1.29 is 18.8 Å². The summed E-state index contributed by atoms with van der Waals surface area (Å²) in [5.41, 5.74) is 1.38. The van der Waals surface area contributed by atoms with E-state index in [0.717, 1.165) is 23.3 Å². The van der Waals surface area contributed by atoms with E-state index in [0.29, 0.717) is 22.1 Å². The summed E-state index contributed by atoms with van der Waals surface area (Å²) in [7, 11) is 0. The normalized spacial score (nSPS) is 18.0. The monoisotopic (exact) mass is 444 g/mol. The van der Waals surface area contributed by atoms with Crippen molar-refractivity contribution in [2.45, 2.75) is 31.2 Å². The van der Waals surface area contributed by atoms with E-state index in [4.69, 9.17) is 0 Å². The summed E-state index contributed by atoms with van der Waals surface area (Å²) in [6.45, 7) is 1.93. The van der Waals surface area contributed by atoms with Crippen molar-refractivity contribution in [3.63, 3.8) is 0 Å². The Morgan fingerprint density at radius 2 is 1.79 bits per heavy atom. The molecule has 4 rings (SSSR count). The molecule has 0 bridgehead atoms. The first-order chi connectivity index (χ1) is 13.3. The topological polar surface area (TPSA) is 66.5 Å². The van der Waals surface area contributed by atoms with Crippen molar-refractivity contribution in [1.82, 2.24) is 10.2 Å². The molecule has 0 saturated heterocycles. The molecule has 144 valence electrons. The van der Waals surface area contributed by atoms with Crippen LogP contribution in [-0.2, 0) is 10.2 Å². The van der Waals surface area contributed by atoms with Crippen molar-refractivity contribution >= 4 is 33.7 Å². The quantitative estimate of drug-likeness (QED) is 0.718. The van der Waals surface area contributed by atoms with Gasteiger partial charge in [-0.05, 0) is 55.7 Å². The van der Waals surface area contributed by atoms with Crippen LogP contribution in [0.3, 0.4) is 0 Å². The fourth-order valence-electron chi connectivity index (χ4n) is 3.63. The summed E-state index contributed by atoms with van der Waals surface area (Å²) >= 11 is 3.29. The second kappa shape index (κ2) is 6.81. The first kappa shape index (κ1) is 18.8. The van der Waals surface area contributed by atoms with Gasteiger partial charge in [0.1, 0.15) is 11.9 Å². The van der Waals surface area contributed by atoms with Gasteiger partial charge in [0, 0.05) is 16.4 Å². The zero-order chi connectivity index (χ0) is 20.1. The van der Waals surface area contributed by atoms with Crippen LogP contribution in [0, 0.1) is 5.82 Å². The maximum absolute atomic E-state index is 13.2. The van der Waals surface area contributed by atoms with E-state index < -0.39 is 17.9 Å². The highest BCUT2D eigenvalue weighted by Crippen LogP contribution is 2.47. The number of benzene rings is 2. The molecule has 1 unspecified atom stereocenters. The number of nitrogens with one attached hydrogen (secondary N) is 1. The minimum atomic E-state index is -0.921. The molecule has 2 aromatic rings. The van der Waals surface area contributed by atoms with Gasteiger partial charge in [-0.2, -0.15) is 0 Å². The summed E-state index contributed by atoms with van der Waals surface area (Å²) < 4.78 is 13.9. The van der Waals surface area contributed by atoms with Gasteiger partial charge in [-0.1, -0.05) is 28.1 Å². The molecule has 1 heterocycles. The highest BCUT2D eigenvalue weighted by atomic mass is 79.9. The second-order valence-corrected chi connectivity index (χ2v) is 8.27. The average molecular weight is 445 g/mol. The number of carbonyl (C=O) groups excluding carboxylic acids is 3. The molecule has 1 N–H and O–H groups in total. The van der Waals surface area contributed by atoms with Gasteiger partial charge in [-0.15, -0.1) is 0 Å². The molecule has 7 heteroatoms. The van der Waals surface area contributed by atoms with Gasteiger partial charge in [-0.3, -0.25) is 19.3 Å². The number of halogens is 2. The maximum Gasteiger partial charge on any atom is 0.262 e. The number of hydrogen-bond acceptors (Lipinski definition) is 3. The van der Waals surface area contributed by atoms with E-state index in [9.17, 15) is 18.8 Å². The molecule has 0 aromatic heterocycles. The standard InChI is InChI=1S/C21H18BrFN2O3/c1-12(25-19(27)16-7-4-14(22)10-17(16)20(25)28)18(26)24-11-21(8-9-21)13-2-5-15(23)6-3-13/h2-7,10,12H,8-9,11H2,1H3,(H,24,26). The average Bonchev–Trinajstić information content (AvgIpc) is 3.42. The predicted octanol–water partition coefficient (Wildman–Crippen LogP) is 3.42. The van der Waals surface area contributed by atoms with Crippen LogP contribution in [0.15, 0.2) is 46.9 Å². The highest BCUT2D eigenvalue weighted by molar-refractivity contribution is 9.10. The van der Waals surface area contributed by atoms with Gasteiger partial charge < -0.3 is 5.32 Å². The molecule has 1 aliphatic carbocycles. The number of hydrogen-bond donors (Lipinski definition) is 1.